The molecule has 0 atom stereocenters. The molecule has 0 saturated heterocycles. The number of aromatic nitrogens is 1. The molecular weight excluding hydrogens is 282 g/mol. The SMILES string of the molecule is Cc1c(-c2ccccc2)n(-c2ccccc2)c(C2CC2)cc1=O. The van der Waals surface area contributed by atoms with E-state index in [4.69, 9.17) is 0 Å². The van der Waals surface area contributed by atoms with E-state index in [0.29, 0.717) is 5.92 Å². The van der Waals surface area contributed by atoms with Crippen LogP contribution in [0.1, 0.15) is 30.0 Å². The van der Waals surface area contributed by atoms with Gasteiger partial charge in [0.15, 0.2) is 5.43 Å². The molecule has 1 aliphatic rings. The number of hydrogen-bond donors (Lipinski definition) is 0. The molecular formula is C21H19NO. The van der Waals surface area contributed by atoms with Gasteiger partial charge in [-0.2, -0.15) is 0 Å². The number of para-hydroxylation sites is 1. The molecule has 0 spiro atoms. The van der Waals surface area contributed by atoms with E-state index in [1.165, 1.54) is 12.8 Å². The minimum absolute atomic E-state index is 0.137. The summed E-state index contributed by atoms with van der Waals surface area (Å²) in [6.45, 7) is 1.93. The number of benzene rings is 2. The number of rotatable bonds is 3. The third-order valence-electron chi connectivity index (χ3n) is 4.54. The van der Waals surface area contributed by atoms with Crippen molar-refractivity contribution in [3.05, 3.63) is 88.2 Å². The topological polar surface area (TPSA) is 22.0 Å². The van der Waals surface area contributed by atoms with Crippen molar-refractivity contribution in [1.82, 2.24) is 4.57 Å². The van der Waals surface area contributed by atoms with Crippen molar-refractivity contribution >= 4 is 0 Å². The minimum atomic E-state index is 0.137. The summed E-state index contributed by atoms with van der Waals surface area (Å²) in [4.78, 5) is 12.5. The summed E-state index contributed by atoms with van der Waals surface area (Å²) in [6.07, 6.45) is 2.34. The molecule has 0 N–H and O–H groups in total. The van der Waals surface area contributed by atoms with Crippen LogP contribution in [0.25, 0.3) is 16.9 Å². The van der Waals surface area contributed by atoms with E-state index >= 15 is 0 Å². The van der Waals surface area contributed by atoms with Gasteiger partial charge < -0.3 is 4.57 Å². The van der Waals surface area contributed by atoms with Gasteiger partial charge in [-0.25, -0.2) is 0 Å². The molecule has 0 amide bonds. The van der Waals surface area contributed by atoms with E-state index in [-0.39, 0.29) is 5.43 Å². The van der Waals surface area contributed by atoms with Crippen LogP contribution in [0.4, 0.5) is 0 Å². The fourth-order valence-electron chi connectivity index (χ4n) is 3.20. The second-order valence-corrected chi connectivity index (χ2v) is 6.22. The molecule has 114 valence electrons. The lowest BCUT2D eigenvalue weighted by atomic mass is 10.0. The predicted molar refractivity (Wildman–Crippen MR) is 94.2 cm³/mol. The van der Waals surface area contributed by atoms with E-state index in [9.17, 15) is 4.79 Å². The number of pyridine rings is 1. The van der Waals surface area contributed by atoms with Gasteiger partial charge in [0.25, 0.3) is 0 Å². The molecule has 1 saturated carbocycles. The maximum Gasteiger partial charge on any atom is 0.185 e. The third-order valence-corrected chi connectivity index (χ3v) is 4.54. The maximum atomic E-state index is 12.5. The molecule has 4 rings (SSSR count). The van der Waals surface area contributed by atoms with Gasteiger partial charge in [0.05, 0.1) is 5.69 Å². The Morgan fingerprint density at radius 3 is 2.13 bits per heavy atom. The quantitative estimate of drug-likeness (QED) is 0.688. The van der Waals surface area contributed by atoms with E-state index in [1.807, 2.05) is 49.4 Å². The molecule has 0 bridgehead atoms. The molecule has 1 heterocycles. The van der Waals surface area contributed by atoms with Crippen molar-refractivity contribution in [1.29, 1.82) is 0 Å². The zero-order valence-corrected chi connectivity index (χ0v) is 13.2. The molecule has 3 aromatic rings. The Balaban J connectivity index is 2.09. The van der Waals surface area contributed by atoms with Crippen LogP contribution in [0, 0.1) is 6.92 Å². The van der Waals surface area contributed by atoms with Gasteiger partial charge in [-0.3, -0.25) is 4.79 Å². The number of nitrogens with zero attached hydrogens (tertiary/aromatic N) is 1. The van der Waals surface area contributed by atoms with Crippen LogP contribution in [0.2, 0.25) is 0 Å². The third kappa shape index (κ3) is 2.50. The Hall–Kier alpha value is -2.61. The first-order chi connectivity index (χ1) is 11.3. The monoisotopic (exact) mass is 301 g/mol. The van der Waals surface area contributed by atoms with E-state index in [1.54, 1.807) is 0 Å². The first kappa shape index (κ1) is 14.0. The highest BCUT2D eigenvalue weighted by Gasteiger charge is 2.29. The number of hydrogen-bond acceptors (Lipinski definition) is 1. The lowest BCUT2D eigenvalue weighted by Crippen LogP contribution is -2.17. The Morgan fingerprint density at radius 1 is 0.913 bits per heavy atom. The average Bonchev–Trinajstić information content (AvgIpc) is 3.43. The molecule has 0 aliphatic heterocycles. The lowest BCUT2D eigenvalue weighted by Gasteiger charge is -2.21. The fraction of sp³-hybridized carbons (Fsp3) is 0.190. The first-order valence-corrected chi connectivity index (χ1v) is 8.13. The van der Waals surface area contributed by atoms with Crippen molar-refractivity contribution in [2.75, 3.05) is 0 Å². The maximum absolute atomic E-state index is 12.5. The van der Waals surface area contributed by atoms with E-state index < -0.39 is 0 Å². The summed E-state index contributed by atoms with van der Waals surface area (Å²) in [5, 5.41) is 0. The summed E-state index contributed by atoms with van der Waals surface area (Å²) in [7, 11) is 0. The smallest absolute Gasteiger partial charge is 0.185 e. The standard InChI is InChI=1S/C21H19NO/c1-15-20(23)14-19(16-12-13-16)22(18-10-6-3-7-11-18)21(15)17-8-4-2-5-9-17/h2-11,14,16H,12-13H2,1H3. The highest BCUT2D eigenvalue weighted by molar-refractivity contribution is 5.67. The minimum Gasteiger partial charge on any atom is -0.313 e. The normalized spacial score (nSPS) is 14.0. The van der Waals surface area contributed by atoms with Gasteiger partial charge in [-0.1, -0.05) is 48.5 Å². The van der Waals surface area contributed by atoms with Gasteiger partial charge in [0, 0.05) is 23.0 Å². The van der Waals surface area contributed by atoms with Crippen LogP contribution in [0.3, 0.4) is 0 Å². The van der Waals surface area contributed by atoms with Crippen molar-refractivity contribution in [2.45, 2.75) is 25.7 Å². The van der Waals surface area contributed by atoms with Crippen molar-refractivity contribution in [3.63, 3.8) is 0 Å². The summed E-state index contributed by atoms with van der Waals surface area (Å²) in [5.74, 6) is 0.506. The Bertz CT molecular complexity index is 890. The molecule has 0 unspecified atom stereocenters. The molecule has 0 radical (unpaired) electrons. The molecule has 1 aliphatic carbocycles. The van der Waals surface area contributed by atoms with Crippen molar-refractivity contribution in [3.8, 4) is 16.9 Å². The van der Waals surface area contributed by atoms with Crippen LogP contribution in [-0.2, 0) is 0 Å². The van der Waals surface area contributed by atoms with Gasteiger partial charge >= 0.3 is 0 Å². The predicted octanol–water partition coefficient (Wildman–Crippen LogP) is 4.69. The fourth-order valence-corrected chi connectivity index (χ4v) is 3.20. The Morgan fingerprint density at radius 2 is 1.52 bits per heavy atom. The average molecular weight is 301 g/mol. The summed E-state index contributed by atoms with van der Waals surface area (Å²) >= 11 is 0. The van der Waals surface area contributed by atoms with Gasteiger partial charge in [0.2, 0.25) is 0 Å². The zero-order chi connectivity index (χ0) is 15.8. The van der Waals surface area contributed by atoms with Crippen molar-refractivity contribution in [2.24, 2.45) is 0 Å². The van der Waals surface area contributed by atoms with Gasteiger partial charge in [0.1, 0.15) is 0 Å². The summed E-state index contributed by atoms with van der Waals surface area (Å²) in [5.41, 5.74) is 5.32. The van der Waals surface area contributed by atoms with E-state index in [2.05, 4.69) is 28.8 Å². The lowest BCUT2D eigenvalue weighted by molar-refractivity contribution is 0.893. The van der Waals surface area contributed by atoms with Gasteiger partial charge in [-0.05, 0) is 43.4 Å². The van der Waals surface area contributed by atoms with Crippen LogP contribution < -0.4 is 5.43 Å². The highest BCUT2D eigenvalue weighted by Crippen LogP contribution is 2.42. The summed E-state index contributed by atoms with van der Waals surface area (Å²) in [6, 6.07) is 22.4. The van der Waals surface area contributed by atoms with Gasteiger partial charge in [-0.15, -0.1) is 0 Å². The van der Waals surface area contributed by atoms with Crippen LogP contribution in [0.5, 0.6) is 0 Å². The second-order valence-electron chi connectivity index (χ2n) is 6.22. The summed E-state index contributed by atoms with van der Waals surface area (Å²) < 4.78 is 2.28. The van der Waals surface area contributed by atoms with Crippen LogP contribution in [0.15, 0.2) is 71.5 Å². The molecule has 2 nitrogen and oxygen atoms in total. The van der Waals surface area contributed by atoms with Crippen LogP contribution in [-0.4, -0.2) is 4.57 Å². The molecule has 2 aromatic carbocycles. The van der Waals surface area contributed by atoms with Crippen molar-refractivity contribution < 1.29 is 0 Å². The Kier molecular flexibility index (Phi) is 3.38. The Labute approximate surface area is 136 Å². The zero-order valence-electron chi connectivity index (χ0n) is 13.2. The second kappa shape index (κ2) is 5.54. The highest BCUT2D eigenvalue weighted by atomic mass is 16.1. The first-order valence-electron chi connectivity index (χ1n) is 8.13. The molecule has 1 aromatic heterocycles. The molecule has 1 fully saturated rings. The molecule has 23 heavy (non-hydrogen) atoms. The van der Waals surface area contributed by atoms with Crippen LogP contribution >= 0.6 is 0 Å². The van der Waals surface area contributed by atoms with E-state index in [0.717, 1.165) is 28.2 Å². The molecule has 2 heteroatoms. The largest absolute Gasteiger partial charge is 0.313 e.